The van der Waals surface area contributed by atoms with Crippen LogP contribution in [0.3, 0.4) is 0 Å². The number of nitrogens with one attached hydrogen (secondary N) is 1. The number of likely N-dealkylation sites (N-methyl/N-ethyl adjacent to an activating group) is 1. The molecular formula is C24H29F3N4O5. The van der Waals surface area contributed by atoms with Crippen LogP contribution in [0.15, 0.2) is 30.5 Å². The molecule has 1 aromatic carbocycles. The lowest BCUT2D eigenvalue weighted by Crippen LogP contribution is -2.73. The maximum absolute atomic E-state index is 13.0. The van der Waals surface area contributed by atoms with Crippen LogP contribution in [0.25, 0.3) is 10.9 Å². The molecule has 3 aliphatic rings. The summed E-state index contributed by atoms with van der Waals surface area (Å²) < 4.78 is 39.9. The van der Waals surface area contributed by atoms with Crippen molar-refractivity contribution >= 4 is 28.7 Å². The number of benzene rings is 1. The molecule has 2 aliphatic heterocycles. The summed E-state index contributed by atoms with van der Waals surface area (Å²) in [6.07, 6.45) is -0.584. The van der Waals surface area contributed by atoms with Crippen molar-refractivity contribution in [3.63, 3.8) is 0 Å². The summed E-state index contributed by atoms with van der Waals surface area (Å²) >= 11 is 0. The van der Waals surface area contributed by atoms with Crippen molar-refractivity contribution < 1.29 is 37.4 Å². The number of fused-ring (bicyclic) bond motifs is 1. The van der Waals surface area contributed by atoms with E-state index in [1.54, 1.807) is 7.05 Å². The van der Waals surface area contributed by atoms with Gasteiger partial charge >= 0.3 is 12.1 Å². The molecule has 2 saturated heterocycles. The number of aromatic nitrogens is 1. The van der Waals surface area contributed by atoms with E-state index in [1.165, 1.54) is 12.8 Å². The highest BCUT2D eigenvalue weighted by Gasteiger charge is 2.52. The molecule has 3 fully saturated rings. The summed E-state index contributed by atoms with van der Waals surface area (Å²) in [5.74, 6) is -1.99. The van der Waals surface area contributed by atoms with Gasteiger partial charge in [0.1, 0.15) is 11.6 Å². The number of carboxylic acids is 1. The Balaban J connectivity index is 0.000000384. The first-order valence-electron chi connectivity index (χ1n) is 11.7. The van der Waals surface area contributed by atoms with Crippen LogP contribution in [0.5, 0.6) is 0 Å². The number of nitrogens with zero attached hydrogens (tertiary/aromatic N) is 3. The van der Waals surface area contributed by atoms with Crippen molar-refractivity contribution in [2.24, 2.45) is 13.0 Å². The molecule has 5 rings (SSSR count). The van der Waals surface area contributed by atoms with Crippen molar-refractivity contribution in [1.29, 1.82) is 0 Å². The smallest absolute Gasteiger partial charge is 0.475 e. The molecule has 9 nitrogen and oxygen atoms in total. The van der Waals surface area contributed by atoms with Gasteiger partial charge in [0.25, 0.3) is 5.91 Å². The number of aryl methyl sites for hydroxylation is 1. The number of hydrogen-bond acceptors (Lipinski definition) is 5. The van der Waals surface area contributed by atoms with Crippen molar-refractivity contribution in [3.8, 4) is 0 Å². The predicted molar refractivity (Wildman–Crippen MR) is 123 cm³/mol. The highest BCUT2D eigenvalue weighted by Crippen LogP contribution is 2.36. The summed E-state index contributed by atoms with van der Waals surface area (Å²) in [4.78, 5) is 38.3. The van der Waals surface area contributed by atoms with Crippen LogP contribution >= 0.6 is 0 Å². The first-order valence-corrected chi connectivity index (χ1v) is 11.7. The SMILES string of the molecule is CNC(=O)C1COC2(CN(C(=O)c3ccc4c(ccn4C)c3)C2)CN1CC1CC1.O=C(O)C(F)(F)F. The molecule has 1 aromatic heterocycles. The highest BCUT2D eigenvalue weighted by molar-refractivity contribution is 5.98. The summed E-state index contributed by atoms with van der Waals surface area (Å²) in [5, 5.41) is 11.0. The van der Waals surface area contributed by atoms with Gasteiger partial charge in [-0.05, 0) is 43.0 Å². The van der Waals surface area contributed by atoms with Crippen LogP contribution < -0.4 is 5.32 Å². The van der Waals surface area contributed by atoms with Crippen molar-refractivity contribution in [3.05, 3.63) is 36.0 Å². The summed E-state index contributed by atoms with van der Waals surface area (Å²) in [7, 11) is 3.68. The lowest BCUT2D eigenvalue weighted by molar-refractivity contribution is -0.192. The molecule has 2 amide bonds. The molecule has 3 heterocycles. The number of carboxylic acid groups (broad SMARTS) is 1. The maximum Gasteiger partial charge on any atom is 0.490 e. The molecule has 0 bridgehead atoms. The number of alkyl halides is 3. The lowest BCUT2D eigenvalue weighted by atomic mass is 9.89. The molecule has 2 N–H and O–H groups in total. The molecular weight excluding hydrogens is 481 g/mol. The van der Waals surface area contributed by atoms with Crippen LogP contribution in [0.4, 0.5) is 13.2 Å². The summed E-state index contributed by atoms with van der Waals surface area (Å²) in [5.41, 5.74) is 1.49. The first-order chi connectivity index (χ1) is 16.9. The number of hydrogen-bond donors (Lipinski definition) is 2. The number of likely N-dealkylation sites (tertiary alicyclic amines) is 1. The van der Waals surface area contributed by atoms with Gasteiger partial charge in [0.05, 0.1) is 19.7 Å². The van der Waals surface area contributed by atoms with Gasteiger partial charge in [-0.2, -0.15) is 13.2 Å². The number of morpholine rings is 1. The van der Waals surface area contributed by atoms with Gasteiger partial charge in [-0.1, -0.05) is 0 Å². The lowest BCUT2D eigenvalue weighted by Gasteiger charge is -2.55. The summed E-state index contributed by atoms with van der Waals surface area (Å²) in [6, 6.07) is 7.67. The second-order valence-electron chi connectivity index (χ2n) is 9.66. The van der Waals surface area contributed by atoms with Crippen molar-refractivity contribution in [2.75, 3.05) is 39.8 Å². The van der Waals surface area contributed by atoms with E-state index in [4.69, 9.17) is 14.6 Å². The average Bonchev–Trinajstić information content (AvgIpc) is 3.56. The number of carbonyl (C=O) groups is 3. The normalized spacial score (nSPS) is 21.5. The number of rotatable bonds is 4. The third-order valence-electron chi connectivity index (χ3n) is 6.84. The zero-order valence-corrected chi connectivity index (χ0v) is 20.0. The topological polar surface area (TPSA) is 104 Å². The quantitative estimate of drug-likeness (QED) is 0.651. The standard InChI is InChI=1S/C22H28N4O3.C2HF3O2/c1-23-20(27)19-11-29-22(12-25(19)10-15-3-4-15)13-26(14-22)21(28)17-5-6-18-16(9-17)7-8-24(18)2;3-2(4,5)1(6)7/h5-9,15,19H,3-4,10-14H2,1-2H3,(H,23,27);(H,6,7). The van der Waals surface area contributed by atoms with E-state index < -0.39 is 12.1 Å². The molecule has 1 spiro atoms. The van der Waals surface area contributed by atoms with E-state index in [0.29, 0.717) is 37.7 Å². The molecule has 12 heteroatoms. The zero-order valence-electron chi connectivity index (χ0n) is 20.0. The molecule has 1 unspecified atom stereocenters. The van der Waals surface area contributed by atoms with Crippen LogP contribution in [-0.2, 0) is 21.4 Å². The second kappa shape index (κ2) is 9.74. The Morgan fingerprint density at radius 2 is 1.83 bits per heavy atom. The average molecular weight is 511 g/mol. The zero-order chi connectivity index (χ0) is 26.3. The molecule has 0 radical (unpaired) electrons. The maximum atomic E-state index is 13.0. The van der Waals surface area contributed by atoms with E-state index >= 15 is 0 Å². The number of halogens is 3. The van der Waals surface area contributed by atoms with Gasteiger partial charge in [0.2, 0.25) is 5.91 Å². The van der Waals surface area contributed by atoms with Gasteiger partial charge in [0.15, 0.2) is 0 Å². The monoisotopic (exact) mass is 510 g/mol. The number of carbonyl (C=O) groups excluding carboxylic acids is 2. The fraction of sp³-hybridized carbons (Fsp3) is 0.542. The van der Waals surface area contributed by atoms with Crippen LogP contribution in [0, 0.1) is 5.92 Å². The predicted octanol–water partition coefficient (Wildman–Crippen LogP) is 1.86. The minimum Gasteiger partial charge on any atom is -0.475 e. The molecule has 1 aliphatic carbocycles. The van der Waals surface area contributed by atoms with Gasteiger partial charge in [-0.25, -0.2) is 4.79 Å². The number of ether oxygens (including phenoxy) is 1. The third kappa shape index (κ3) is 5.49. The molecule has 2 aromatic rings. The first kappa shape index (κ1) is 26.0. The minimum atomic E-state index is -5.08. The van der Waals surface area contributed by atoms with Crippen molar-refractivity contribution in [2.45, 2.75) is 30.7 Å². The largest absolute Gasteiger partial charge is 0.490 e. The van der Waals surface area contributed by atoms with Gasteiger partial charge in [-0.15, -0.1) is 0 Å². The fourth-order valence-electron chi connectivity index (χ4n) is 4.70. The van der Waals surface area contributed by atoms with E-state index in [9.17, 15) is 22.8 Å². The summed E-state index contributed by atoms with van der Waals surface area (Å²) in [6.45, 7) is 3.22. The minimum absolute atomic E-state index is 0.0175. The Morgan fingerprint density at radius 1 is 1.17 bits per heavy atom. The molecule has 36 heavy (non-hydrogen) atoms. The third-order valence-corrected chi connectivity index (χ3v) is 6.84. The van der Waals surface area contributed by atoms with Gasteiger partial charge < -0.3 is 24.6 Å². The molecule has 196 valence electrons. The van der Waals surface area contributed by atoms with Gasteiger partial charge in [0, 0.05) is 49.8 Å². The van der Waals surface area contributed by atoms with E-state index in [0.717, 1.165) is 17.4 Å². The van der Waals surface area contributed by atoms with Crippen LogP contribution in [-0.4, -0.2) is 94.9 Å². The van der Waals surface area contributed by atoms with Gasteiger partial charge in [-0.3, -0.25) is 14.5 Å². The molecule has 1 saturated carbocycles. The molecule has 1 atom stereocenters. The Bertz CT molecular complexity index is 1150. The van der Waals surface area contributed by atoms with E-state index in [2.05, 4.69) is 14.8 Å². The highest BCUT2D eigenvalue weighted by atomic mass is 19.4. The van der Waals surface area contributed by atoms with Crippen molar-refractivity contribution in [1.82, 2.24) is 19.7 Å². The Kier molecular flexibility index (Phi) is 7.02. The van der Waals surface area contributed by atoms with Crippen LogP contribution in [0.2, 0.25) is 0 Å². The Labute approximate surface area is 205 Å². The second-order valence-corrected chi connectivity index (χ2v) is 9.66. The van der Waals surface area contributed by atoms with E-state index in [1.807, 2.05) is 42.4 Å². The van der Waals surface area contributed by atoms with Crippen LogP contribution in [0.1, 0.15) is 23.2 Å². The number of aliphatic carboxylic acids is 1. The Hall–Kier alpha value is -3.12. The van der Waals surface area contributed by atoms with E-state index in [-0.39, 0.29) is 23.5 Å². The Morgan fingerprint density at radius 3 is 2.42 bits per heavy atom. The fourth-order valence-corrected chi connectivity index (χ4v) is 4.70. The number of amides is 2.